The molecule has 2 N–H and O–H groups in total. The molecule has 9 heteroatoms. The smallest absolute Gasteiger partial charge is 0.391 e. The van der Waals surface area contributed by atoms with Crippen LogP contribution in [0.3, 0.4) is 0 Å². The second-order valence-electron chi connectivity index (χ2n) is 4.76. The predicted molar refractivity (Wildman–Crippen MR) is 76.3 cm³/mol. The van der Waals surface area contributed by atoms with E-state index in [4.69, 9.17) is 9.52 Å². The summed E-state index contributed by atoms with van der Waals surface area (Å²) in [6.07, 6.45) is -6.33. The monoisotopic (exact) mass is 347 g/mol. The fourth-order valence-electron chi connectivity index (χ4n) is 1.82. The number of hydrogen-bond donors (Lipinski definition) is 2. The molecule has 2 heterocycles. The molecule has 0 saturated heterocycles. The molecule has 0 aromatic carbocycles. The lowest BCUT2D eigenvalue weighted by Gasteiger charge is -2.15. The van der Waals surface area contributed by atoms with Gasteiger partial charge in [0.15, 0.2) is 0 Å². The van der Waals surface area contributed by atoms with Gasteiger partial charge in [-0.3, -0.25) is 4.79 Å². The third-order valence-electron chi connectivity index (χ3n) is 2.85. The van der Waals surface area contributed by atoms with Gasteiger partial charge in [0.1, 0.15) is 17.6 Å². The first kappa shape index (κ1) is 17.1. The van der Waals surface area contributed by atoms with E-state index in [9.17, 15) is 22.8 Å². The summed E-state index contributed by atoms with van der Waals surface area (Å²) in [6, 6.07) is 4.39. The molecule has 5 nitrogen and oxygen atoms in total. The Labute approximate surface area is 132 Å². The molecule has 1 unspecified atom stereocenters. The van der Waals surface area contributed by atoms with Crippen molar-refractivity contribution in [1.82, 2.24) is 5.32 Å². The van der Waals surface area contributed by atoms with Crippen LogP contribution in [0.5, 0.6) is 0 Å². The zero-order valence-corrected chi connectivity index (χ0v) is 12.6. The molecule has 2 aromatic rings. The van der Waals surface area contributed by atoms with E-state index in [1.807, 2.05) is 5.32 Å². The van der Waals surface area contributed by atoms with Crippen molar-refractivity contribution < 1.29 is 32.3 Å². The summed E-state index contributed by atoms with van der Waals surface area (Å²) >= 11 is 0.999. The second-order valence-corrected chi connectivity index (χ2v) is 5.84. The van der Waals surface area contributed by atoms with Gasteiger partial charge in [-0.05, 0) is 31.2 Å². The fraction of sp³-hybridized carbons (Fsp3) is 0.286. The minimum atomic E-state index is -4.69. The highest BCUT2D eigenvalue weighted by atomic mass is 32.1. The number of thiophene rings is 1. The molecule has 2 aromatic heterocycles. The van der Waals surface area contributed by atoms with Gasteiger partial charge in [-0.1, -0.05) is 0 Å². The van der Waals surface area contributed by atoms with Gasteiger partial charge in [-0.25, -0.2) is 4.79 Å². The quantitative estimate of drug-likeness (QED) is 0.868. The Hall–Kier alpha value is -2.29. The SMILES string of the molecule is Cc1ccc(-c2ccc(C(=O)NC(CC(F)(F)F)C(=O)O)s2)o1. The number of carbonyl (C=O) groups excluding carboxylic acids is 1. The molecule has 0 radical (unpaired) electrons. The molecular formula is C14H12F3NO4S. The summed E-state index contributed by atoms with van der Waals surface area (Å²) in [7, 11) is 0. The Morgan fingerprint density at radius 1 is 1.30 bits per heavy atom. The number of aryl methyl sites for hydroxylation is 1. The van der Waals surface area contributed by atoms with Crippen LogP contribution in [0.4, 0.5) is 13.2 Å². The number of hydrogen-bond acceptors (Lipinski definition) is 4. The summed E-state index contributed by atoms with van der Waals surface area (Å²) in [5.74, 6) is -1.41. The normalized spacial score (nSPS) is 12.9. The van der Waals surface area contributed by atoms with E-state index in [1.54, 1.807) is 25.1 Å². The summed E-state index contributed by atoms with van der Waals surface area (Å²) in [5, 5.41) is 10.7. The largest absolute Gasteiger partial charge is 0.480 e. The molecule has 2 rings (SSSR count). The lowest BCUT2D eigenvalue weighted by molar-refractivity contribution is -0.157. The van der Waals surface area contributed by atoms with Crippen molar-refractivity contribution in [3.8, 4) is 10.6 Å². The molecule has 0 saturated carbocycles. The van der Waals surface area contributed by atoms with Crippen LogP contribution in [0.2, 0.25) is 0 Å². The minimum Gasteiger partial charge on any atom is -0.480 e. The predicted octanol–water partition coefficient (Wildman–Crippen LogP) is 3.45. The van der Waals surface area contributed by atoms with Gasteiger partial charge >= 0.3 is 12.1 Å². The Morgan fingerprint density at radius 2 is 2.00 bits per heavy atom. The number of nitrogens with one attached hydrogen (secondary N) is 1. The molecule has 0 fully saturated rings. The molecule has 124 valence electrons. The van der Waals surface area contributed by atoms with Gasteiger partial charge < -0.3 is 14.8 Å². The zero-order valence-electron chi connectivity index (χ0n) is 11.8. The number of furan rings is 1. The van der Waals surface area contributed by atoms with Gasteiger partial charge in [0.2, 0.25) is 0 Å². The standard InChI is InChI=1S/C14H12F3NO4S/c1-7-2-3-9(22-7)10-4-5-11(23-10)12(19)18-8(13(20)21)6-14(15,16)17/h2-5,8H,6H2,1H3,(H,18,19)(H,20,21). The molecular weight excluding hydrogens is 335 g/mol. The first-order valence-corrected chi connectivity index (χ1v) is 7.24. The van der Waals surface area contributed by atoms with E-state index in [1.165, 1.54) is 6.07 Å². The summed E-state index contributed by atoms with van der Waals surface area (Å²) in [5.41, 5.74) is 0. The molecule has 1 atom stereocenters. The van der Waals surface area contributed by atoms with Crippen molar-refractivity contribution in [1.29, 1.82) is 0 Å². The second kappa shape index (κ2) is 6.45. The van der Waals surface area contributed by atoms with Crippen LogP contribution in [0.15, 0.2) is 28.7 Å². The fourth-order valence-corrected chi connectivity index (χ4v) is 2.69. The van der Waals surface area contributed by atoms with Crippen LogP contribution < -0.4 is 5.32 Å². The number of amides is 1. The van der Waals surface area contributed by atoms with Crippen LogP contribution in [0.1, 0.15) is 21.9 Å². The van der Waals surface area contributed by atoms with E-state index in [-0.39, 0.29) is 4.88 Å². The van der Waals surface area contributed by atoms with Crippen molar-refractivity contribution in [3.63, 3.8) is 0 Å². The average Bonchev–Trinajstić information content (AvgIpc) is 3.04. The van der Waals surface area contributed by atoms with Gasteiger partial charge in [0.05, 0.1) is 16.2 Å². The average molecular weight is 347 g/mol. The first-order valence-electron chi connectivity index (χ1n) is 6.43. The molecule has 0 bridgehead atoms. The molecule has 0 spiro atoms. The number of alkyl halides is 3. The van der Waals surface area contributed by atoms with E-state index < -0.39 is 30.5 Å². The van der Waals surface area contributed by atoms with E-state index in [0.29, 0.717) is 16.4 Å². The van der Waals surface area contributed by atoms with Crippen molar-refractivity contribution in [2.75, 3.05) is 0 Å². The Balaban J connectivity index is 2.11. The number of carbonyl (C=O) groups is 2. The van der Waals surface area contributed by atoms with Gasteiger partial charge in [-0.2, -0.15) is 13.2 Å². The lowest BCUT2D eigenvalue weighted by atomic mass is 10.2. The maximum absolute atomic E-state index is 12.3. The third kappa shape index (κ3) is 4.59. The molecule has 0 aliphatic rings. The minimum absolute atomic E-state index is 0.0995. The lowest BCUT2D eigenvalue weighted by Crippen LogP contribution is -2.43. The van der Waals surface area contributed by atoms with Gasteiger partial charge in [0.25, 0.3) is 5.91 Å². The number of carboxylic acids is 1. The molecule has 1 amide bonds. The van der Waals surface area contributed by atoms with Gasteiger partial charge in [-0.15, -0.1) is 11.3 Å². The maximum Gasteiger partial charge on any atom is 0.391 e. The Kier molecular flexibility index (Phi) is 4.79. The Morgan fingerprint density at radius 3 is 2.52 bits per heavy atom. The molecule has 0 aliphatic carbocycles. The summed E-state index contributed by atoms with van der Waals surface area (Å²) in [4.78, 5) is 23.5. The zero-order chi connectivity index (χ0) is 17.2. The van der Waals surface area contributed by atoms with Gasteiger partial charge in [0, 0.05) is 0 Å². The van der Waals surface area contributed by atoms with Crippen molar-refractivity contribution >= 4 is 23.2 Å². The van der Waals surface area contributed by atoms with Crippen LogP contribution in [0, 0.1) is 6.92 Å². The van der Waals surface area contributed by atoms with Crippen LogP contribution in [-0.4, -0.2) is 29.2 Å². The van der Waals surface area contributed by atoms with Crippen LogP contribution in [0.25, 0.3) is 10.6 Å². The molecule has 23 heavy (non-hydrogen) atoms. The van der Waals surface area contributed by atoms with E-state index in [0.717, 1.165) is 11.3 Å². The summed E-state index contributed by atoms with van der Waals surface area (Å²) in [6.45, 7) is 1.75. The maximum atomic E-state index is 12.3. The van der Waals surface area contributed by atoms with Crippen molar-refractivity contribution in [3.05, 3.63) is 34.9 Å². The number of rotatable bonds is 5. The Bertz CT molecular complexity index is 720. The first-order chi connectivity index (χ1) is 10.7. The number of aliphatic carboxylic acids is 1. The highest BCUT2D eigenvalue weighted by molar-refractivity contribution is 7.17. The van der Waals surface area contributed by atoms with Crippen LogP contribution in [-0.2, 0) is 4.79 Å². The topological polar surface area (TPSA) is 79.5 Å². The highest BCUT2D eigenvalue weighted by Gasteiger charge is 2.36. The summed E-state index contributed by atoms with van der Waals surface area (Å²) < 4.78 is 42.4. The number of halogens is 3. The van der Waals surface area contributed by atoms with Crippen molar-refractivity contribution in [2.24, 2.45) is 0 Å². The van der Waals surface area contributed by atoms with Crippen molar-refractivity contribution in [2.45, 2.75) is 25.6 Å². The molecule has 0 aliphatic heterocycles. The number of carboxylic acid groups (broad SMARTS) is 1. The van der Waals surface area contributed by atoms with E-state index in [2.05, 4.69) is 0 Å². The van der Waals surface area contributed by atoms with E-state index >= 15 is 0 Å². The highest BCUT2D eigenvalue weighted by Crippen LogP contribution is 2.30. The van der Waals surface area contributed by atoms with Crippen LogP contribution >= 0.6 is 11.3 Å². The third-order valence-corrected chi connectivity index (χ3v) is 3.95.